The Morgan fingerprint density at radius 2 is 1.66 bits per heavy atom. The van der Waals surface area contributed by atoms with Crippen LogP contribution in [0.25, 0.3) is 22.2 Å². The van der Waals surface area contributed by atoms with Crippen molar-refractivity contribution >= 4 is 16.9 Å². The molecular formula is C39H40N4O4. The van der Waals surface area contributed by atoms with Crippen molar-refractivity contribution in [1.29, 1.82) is 0 Å². The first kappa shape index (κ1) is 32.2. The number of carbonyl (C=O) groups excluding carboxylic acids is 1. The number of nitrogens with zero attached hydrogens (tertiary/aromatic N) is 3. The van der Waals surface area contributed by atoms with Crippen molar-refractivity contribution in [3.63, 3.8) is 0 Å². The van der Waals surface area contributed by atoms with Gasteiger partial charge in [-0.1, -0.05) is 85.8 Å². The molecule has 6 rings (SSSR count). The predicted molar refractivity (Wildman–Crippen MR) is 183 cm³/mol. The molecule has 0 bridgehead atoms. The summed E-state index contributed by atoms with van der Waals surface area (Å²) in [5.74, 6) is -0.181. The number of carbonyl (C=O) groups is 1. The Morgan fingerprint density at radius 1 is 0.915 bits per heavy atom. The highest BCUT2D eigenvalue weighted by molar-refractivity contribution is 5.93. The highest BCUT2D eigenvalue weighted by atomic mass is 16.7. The number of amides is 1. The molecule has 2 heterocycles. The van der Waals surface area contributed by atoms with Crippen molar-refractivity contribution in [1.82, 2.24) is 20.2 Å². The number of aromatic nitrogens is 2. The number of likely N-dealkylation sites (N-methyl/N-ethyl adjacent to an activating group) is 1. The van der Waals surface area contributed by atoms with E-state index in [0.717, 1.165) is 52.0 Å². The minimum atomic E-state index is -0.568. The lowest BCUT2D eigenvalue weighted by Gasteiger charge is -2.42. The van der Waals surface area contributed by atoms with Crippen LogP contribution in [0.15, 0.2) is 116 Å². The zero-order valence-corrected chi connectivity index (χ0v) is 26.8. The zero-order valence-electron chi connectivity index (χ0n) is 26.8. The van der Waals surface area contributed by atoms with Crippen LogP contribution in [0.1, 0.15) is 52.1 Å². The van der Waals surface area contributed by atoms with Crippen LogP contribution in [0.3, 0.4) is 0 Å². The summed E-state index contributed by atoms with van der Waals surface area (Å²) < 4.78 is 13.3. The second kappa shape index (κ2) is 14.8. The fourth-order valence-electron chi connectivity index (χ4n) is 6.00. The molecule has 8 heteroatoms. The summed E-state index contributed by atoms with van der Waals surface area (Å²) >= 11 is 0. The van der Waals surface area contributed by atoms with E-state index in [9.17, 15) is 9.90 Å². The van der Waals surface area contributed by atoms with Crippen molar-refractivity contribution < 1.29 is 19.4 Å². The van der Waals surface area contributed by atoms with E-state index in [0.29, 0.717) is 12.1 Å². The summed E-state index contributed by atoms with van der Waals surface area (Å²) in [5.41, 5.74) is 7.57. The van der Waals surface area contributed by atoms with Gasteiger partial charge in [-0.05, 0) is 59.1 Å². The lowest BCUT2D eigenvalue weighted by Crippen LogP contribution is -2.43. The van der Waals surface area contributed by atoms with Crippen LogP contribution in [0.2, 0.25) is 0 Å². The van der Waals surface area contributed by atoms with Gasteiger partial charge in [-0.15, -0.1) is 6.58 Å². The molecule has 4 aromatic carbocycles. The van der Waals surface area contributed by atoms with Gasteiger partial charge in [0.1, 0.15) is 5.69 Å². The molecule has 240 valence electrons. The summed E-state index contributed by atoms with van der Waals surface area (Å²) in [7, 11) is 2.07. The Labute approximate surface area is 275 Å². The van der Waals surface area contributed by atoms with Gasteiger partial charge in [0.15, 0.2) is 6.29 Å². The van der Waals surface area contributed by atoms with Crippen molar-refractivity contribution in [2.75, 3.05) is 20.1 Å². The number of para-hydroxylation sites is 2. The van der Waals surface area contributed by atoms with Crippen molar-refractivity contribution in [2.45, 2.75) is 38.6 Å². The minimum Gasteiger partial charge on any atom is -0.392 e. The number of fused-ring (bicyclic) bond motifs is 1. The third-order valence-corrected chi connectivity index (χ3v) is 8.61. The van der Waals surface area contributed by atoms with Gasteiger partial charge in [0.2, 0.25) is 0 Å². The maximum atomic E-state index is 12.9. The van der Waals surface area contributed by atoms with E-state index in [1.165, 1.54) is 6.20 Å². The second-order valence-electron chi connectivity index (χ2n) is 12.1. The van der Waals surface area contributed by atoms with Gasteiger partial charge >= 0.3 is 0 Å². The molecule has 1 amide bonds. The van der Waals surface area contributed by atoms with E-state index in [2.05, 4.69) is 65.0 Å². The first-order valence-electron chi connectivity index (χ1n) is 15.9. The van der Waals surface area contributed by atoms with Crippen LogP contribution in [0, 0.1) is 5.92 Å². The quantitative estimate of drug-likeness (QED) is 0.159. The number of aliphatic hydroxyl groups excluding tert-OH is 1. The van der Waals surface area contributed by atoms with Crippen LogP contribution in [-0.2, 0) is 22.6 Å². The Morgan fingerprint density at radius 3 is 2.43 bits per heavy atom. The number of hydrogen-bond donors (Lipinski definition) is 2. The van der Waals surface area contributed by atoms with E-state index in [4.69, 9.17) is 9.47 Å². The fourth-order valence-corrected chi connectivity index (χ4v) is 6.00. The van der Waals surface area contributed by atoms with E-state index in [-0.39, 0.29) is 36.3 Å². The zero-order chi connectivity index (χ0) is 32.8. The summed E-state index contributed by atoms with van der Waals surface area (Å²) in [6.07, 6.45) is 2.57. The molecule has 0 aliphatic carbocycles. The highest BCUT2D eigenvalue weighted by Crippen LogP contribution is 2.42. The van der Waals surface area contributed by atoms with Crippen LogP contribution in [-0.4, -0.2) is 52.1 Å². The maximum Gasteiger partial charge on any atom is 0.271 e. The molecule has 1 fully saturated rings. The molecule has 0 unspecified atom stereocenters. The number of ether oxygens (including phenoxy) is 2. The smallest absolute Gasteiger partial charge is 0.271 e. The number of nitrogens with one attached hydrogen (secondary N) is 1. The van der Waals surface area contributed by atoms with E-state index < -0.39 is 6.29 Å². The van der Waals surface area contributed by atoms with Crippen LogP contribution in [0.4, 0.5) is 0 Å². The third-order valence-electron chi connectivity index (χ3n) is 8.61. The van der Waals surface area contributed by atoms with Gasteiger partial charge < -0.3 is 24.8 Å². The van der Waals surface area contributed by atoms with Crippen molar-refractivity contribution in [2.24, 2.45) is 5.92 Å². The first-order chi connectivity index (χ1) is 22.9. The van der Waals surface area contributed by atoms with Gasteiger partial charge in [-0.2, -0.15) is 0 Å². The molecule has 47 heavy (non-hydrogen) atoms. The molecular weight excluding hydrogens is 588 g/mol. The fraction of sp³-hybridized carbons (Fsp3) is 0.256. The van der Waals surface area contributed by atoms with Gasteiger partial charge in [0.05, 0.1) is 36.0 Å². The third kappa shape index (κ3) is 7.64. The van der Waals surface area contributed by atoms with Crippen molar-refractivity contribution in [3.8, 4) is 11.1 Å². The first-order valence-corrected chi connectivity index (χ1v) is 15.9. The molecule has 0 spiro atoms. The van der Waals surface area contributed by atoms with E-state index >= 15 is 0 Å². The van der Waals surface area contributed by atoms with Crippen LogP contribution >= 0.6 is 0 Å². The number of rotatable bonds is 11. The molecule has 4 atom stereocenters. The Balaban J connectivity index is 1.20. The van der Waals surface area contributed by atoms with Crippen LogP contribution in [0.5, 0.6) is 0 Å². The monoisotopic (exact) mass is 628 g/mol. The summed E-state index contributed by atoms with van der Waals surface area (Å²) in [5, 5.41) is 12.5. The second-order valence-corrected chi connectivity index (χ2v) is 12.1. The average Bonchev–Trinajstić information content (AvgIpc) is 3.11. The Hall–Kier alpha value is -4.73. The lowest BCUT2D eigenvalue weighted by molar-refractivity contribution is -0.275. The highest BCUT2D eigenvalue weighted by Gasteiger charge is 2.38. The Kier molecular flexibility index (Phi) is 10.1. The SMILES string of the molecule is C=CCN(C)C[C@@H]1O[C@H](c2cccc(-c3cccc(CNC(=O)c4cnc5ccccc5n4)c3)c2)O[C@H](c2ccc(CO)cc2)[C@@H]1C. The number of benzene rings is 4. The van der Waals surface area contributed by atoms with Gasteiger partial charge in [-0.3, -0.25) is 9.78 Å². The molecule has 1 aliphatic heterocycles. The molecule has 1 aliphatic rings. The maximum absolute atomic E-state index is 12.9. The minimum absolute atomic E-state index is 0.00155. The molecule has 0 saturated carbocycles. The standard InChI is InChI=1S/C39H40N4O4/c1-4-19-43(3)24-36-26(2)37(29-17-15-27(25-44)16-18-29)47-39(46-36)32-12-8-11-31(21-32)30-10-7-9-28(20-30)22-41-38(45)35-23-40-33-13-5-6-14-34(33)42-35/h4-18,20-21,23,26,36-37,39,44H,1,19,22,24-25H2,2-3H3,(H,41,45)/t26-,36+,37+,39+/m1/s1. The number of hydrogen-bond acceptors (Lipinski definition) is 7. The molecule has 1 saturated heterocycles. The number of aliphatic hydroxyl groups is 1. The molecule has 0 radical (unpaired) electrons. The van der Waals surface area contributed by atoms with E-state index in [1.54, 1.807) is 0 Å². The lowest BCUT2D eigenvalue weighted by atomic mass is 9.90. The summed E-state index contributed by atoms with van der Waals surface area (Å²) in [6.45, 7) is 7.90. The van der Waals surface area contributed by atoms with E-state index in [1.807, 2.05) is 78.9 Å². The molecule has 2 N–H and O–H groups in total. The topological polar surface area (TPSA) is 96.8 Å². The van der Waals surface area contributed by atoms with Gasteiger partial charge in [0.25, 0.3) is 5.91 Å². The molecule has 8 nitrogen and oxygen atoms in total. The normalized spacial score (nSPS) is 19.5. The summed E-state index contributed by atoms with van der Waals surface area (Å²) in [4.78, 5) is 23.9. The van der Waals surface area contributed by atoms with Crippen LogP contribution < -0.4 is 5.32 Å². The molecule has 5 aromatic rings. The summed E-state index contributed by atoms with van der Waals surface area (Å²) in [6, 6.07) is 31.8. The average molecular weight is 629 g/mol. The van der Waals surface area contributed by atoms with Gasteiger partial charge in [-0.25, -0.2) is 4.98 Å². The van der Waals surface area contributed by atoms with Gasteiger partial charge in [0, 0.05) is 31.1 Å². The largest absolute Gasteiger partial charge is 0.392 e. The van der Waals surface area contributed by atoms with Crippen molar-refractivity contribution in [3.05, 3.63) is 144 Å². The molecule has 1 aromatic heterocycles. The predicted octanol–water partition coefficient (Wildman–Crippen LogP) is 6.63. The Bertz CT molecular complexity index is 1840.